The van der Waals surface area contributed by atoms with Gasteiger partial charge in [-0.25, -0.2) is 9.97 Å². The van der Waals surface area contributed by atoms with Crippen molar-refractivity contribution in [2.45, 2.75) is 37.6 Å². The molecule has 2 fully saturated rings. The number of hydrogen-bond acceptors (Lipinski definition) is 6. The average Bonchev–Trinajstić information content (AvgIpc) is 3.48. The second kappa shape index (κ2) is 9.13. The third-order valence-electron chi connectivity index (χ3n) is 8.54. The summed E-state index contributed by atoms with van der Waals surface area (Å²) in [5.41, 5.74) is 6.74. The maximum atomic E-state index is 12.8. The van der Waals surface area contributed by atoms with E-state index < -0.39 is 0 Å². The normalized spacial score (nSPS) is 19.1. The number of nitrogens with zero attached hydrogens (tertiary/aromatic N) is 4. The molecule has 0 bridgehead atoms. The van der Waals surface area contributed by atoms with Gasteiger partial charge in [-0.05, 0) is 55.3 Å². The number of benzene rings is 1. The van der Waals surface area contributed by atoms with E-state index in [0.29, 0.717) is 0 Å². The molecule has 3 N–H and O–H groups in total. The number of hydrogen-bond donors (Lipinski definition) is 3. The van der Waals surface area contributed by atoms with Crippen molar-refractivity contribution >= 4 is 34.1 Å². The SMILES string of the molecule is CN1CCN(c2cc(Nc3cnc4[nH]cc(-c5ccc6c(c5)C5(CCCCC5)NC6=O)c4c3)ccn2)CC1. The maximum absolute atomic E-state index is 12.8. The van der Waals surface area contributed by atoms with E-state index in [2.05, 4.69) is 61.7 Å². The highest BCUT2D eigenvalue weighted by molar-refractivity contribution is 6.02. The molecule has 4 aromatic rings. The second-order valence-electron chi connectivity index (χ2n) is 11.0. The van der Waals surface area contributed by atoms with Crippen molar-refractivity contribution in [1.82, 2.24) is 25.2 Å². The van der Waals surface area contributed by atoms with Crippen LogP contribution in [-0.2, 0) is 5.54 Å². The van der Waals surface area contributed by atoms with Gasteiger partial charge in [-0.2, -0.15) is 0 Å². The number of pyridine rings is 2. The van der Waals surface area contributed by atoms with Crippen LogP contribution in [0.3, 0.4) is 0 Å². The number of rotatable bonds is 4. The Kier molecular flexibility index (Phi) is 5.58. The van der Waals surface area contributed by atoms with E-state index in [1.54, 1.807) is 0 Å². The lowest BCUT2D eigenvalue weighted by Gasteiger charge is -2.34. The Labute approximate surface area is 222 Å². The van der Waals surface area contributed by atoms with Gasteiger partial charge < -0.3 is 25.4 Å². The second-order valence-corrected chi connectivity index (χ2v) is 11.0. The number of aromatic amines is 1. The lowest BCUT2D eigenvalue weighted by Crippen LogP contribution is -2.44. The average molecular weight is 508 g/mol. The number of carbonyl (C=O) groups excluding carboxylic acids is 1. The van der Waals surface area contributed by atoms with E-state index in [1.807, 2.05) is 30.7 Å². The number of carbonyl (C=O) groups is 1. The molecule has 1 amide bonds. The molecule has 7 rings (SSSR count). The number of anilines is 3. The van der Waals surface area contributed by atoms with Gasteiger partial charge >= 0.3 is 0 Å². The highest BCUT2D eigenvalue weighted by Crippen LogP contribution is 2.44. The Morgan fingerprint density at radius 3 is 2.61 bits per heavy atom. The first-order valence-corrected chi connectivity index (χ1v) is 13.7. The highest BCUT2D eigenvalue weighted by Gasteiger charge is 2.43. The summed E-state index contributed by atoms with van der Waals surface area (Å²) in [5.74, 6) is 1.06. The molecule has 0 radical (unpaired) electrons. The molecule has 1 aromatic carbocycles. The van der Waals surface area contributed by atoms with Crippen molar-refractivity contribution in [2.24, 2.45) is 0 Å². The zero-order valence-corrected chi connectivity index (χ0v) is 21.8. The van der Waals surface area contributed by atoms with Crippen LogP contribution in [0.15, 0.2) is 55.0 Å². The molecular weight excluding hydrogens is 474 g/mol. The minimum atomic E-state index is -0.208. The summed E-state index contributed by atoms with van der Waals surface area (Å²) in [6.45, 7) is 4.06. The topological polar surface area (TPSA) is 89.2 Å². The third-order valence-corrected chi connectivity index (χ3v) is 8.54. The van der Waals surface area contributed by atoms with Gasteiger partial charge in [-0.15, -0.1) is 0 Å². The Hall–Kier alpha value is -3.91. The lowest BCUT2D eigenvalue weighted by molar-refractivity contribution is 0.0909. The summed E-state index contributed by atoms with van der Waals surface area (Å²) in [5, 5.41) is 7.92. The van der Waals surface area contributed by atoms with Crippen molar-refractivity contribution in [3.63, 3.8) is 0 Å². The van der Waals surface area contributed by atoms with Gasteiger partial charge in [0.15, 0.2) is 0 Å². The molecule has 5 heterocycles. The van der Waals surface area contributed by atoms with Crippen LogP contribution in [-0.4, -0.2) is 59.0 Å². The molecule has 8 heteroatoms. The van der Waals surface area contributed by atoms with Gasteiger partial charge in [-0.3, -0.25) is 4.79 Å². The first-order valence-electron chi connectivity index (χ1n) is 13.7. The monoisotopic (exact) mass is 507 g/mol. The predicted octanol–water partition coefficient (Wildman–Crippen LogP) is 5.02. The summed E-state index contributed by atoms with van der Waals surface area (Å²) in [6, 6.07) is 12.5. The molecule has 2 aliphatic heterocycles. The van der Waals surface area contributed by atoms with Gasteiger partial charge in [0.05, 0.1) is 17.4 Å². The van der Waals surface area contributed by atoms with Crippen molar-refractivity contribution in [1.29, 1.82) is 0 Å². The van der Waals surface area contributed by atoms with Crippen LogP contribution in [0.25, 0.3) is 22.2 Å². The quantitative estimate of drug-likeness (QED) is 0.359. The predicted molar refractivity (Wildman–Crippen MR) is 151 cm³/mol. The molecule has 1 aliphatic carbocycles. The minimum absolute atomic E-state index is 0.0637. The van der Waals surface area contributed by atoms with Crippen LogP contribution >= 0.6 is 0 Å². The largest absolute Gasteiger partial charge is 0.354 e. The van der Waals surface area contributed by atoms with E-state index in [1.165, 1.54) is 6.42 Å². The Morgan fingerprint density at radius 2 is 1.76 bits per heavy atom. The van der Waals surface area contributed by atoms with E-state index in [4.69, 9.17) is 4.98 Å². The maximum Gasteiger partial charge on any atom is 0.252 e. The third kappa shape index (κ3) is 4.00. The van der Waals surface area contributed by atoms with Crippen molar-refractivity contribution in [3.8, 4) is 11.1 Å². The van der Waals surface area contributed by atoms with E-state index in [0.717, 1.165) is 102 Å². The number of amides is 1. The number of nitrogens with one attached hydrogen (secondary N) is 3. The van der Waals surface area contributed by atoms with Crippen molar-refractivity contribution in [3.05, 3.63) is 66.1 Å². The van der Waals surface area contributed by atoms with Crippen LogP contribution in [0.4, 0.5) is 17.2 Å². The van der Waals surface area contributed by atoms with Gasteiger partial charge in [0.2, 0.25) is 0 Å². The van der Waals surface area contributed by atoms with Crippen LogP contribution in [0, 0.1) is 0 Å². The molecule has 1 saturated carbocycles. The standard InChI is InChI=1S/C30H33N7O/c1-36-11-13-37(14-12-36)27-17-21(7-10-31-27)34-22-16-24-25(19-33-28(24)32-18-22)20-5-6-23-26(15-20)30(35-29(23)38)8-3-2-4-9-30/h5-7,10,15-19H,2-4,8-9,11-14H2,1H3,(H,31,34)(H,32,33)(H,35,38). The molecule has 0 atom stereocenters. The van der Waals surface area contributed by atoms with Gasteiger partial charge in [0, 0.05) is 66.8 Å². The highest BCUT2D eigenvalue weighted by atomic mass is 16.2. The molecule has 8 nitrogen and oxygen atoms in total. The molecule has 1 saturated heterocycles. The Bertz CT molecular complexity index is 1510. The summed E-state index contributed by atoms with van der Waals surface area (Å²) in [7, 11) is 2.16. The molecule has 194 valence electrons. The fourth-order valence-corrected chi connectivity index (χ4v) is 6.39. The van der Waals surface area contributed by atoms with Crippen LogP contribution < -0.4 is 15.5 Å². The van der Waals surface area contributed by atoms with Crippen molar-refractivity contribution < 1.29 is 4.79 Å². The molecule has 3 aliphatic rings. The molecule has 38 heavy (non-hydrogen) atoms. The fraction of sp³-hybridized carbons (Fsp3) is 0.367. The zero-order valence-electron chi connectivity index (χ0n) is 21.8. The zero-order chi connectivity index (χ0) is 25.7. The minimum Gasteiger partial charge on any atom is -0.354 e. The number of H-pyrrole nitrogens is 1. The smallest absolute Gasteiger partial charge is 0.252 e. The van der Waals surface area contributed by atoms with Gasteiger partial charge in [-0.1, -0.05) is 25.3 Å². The summed E-state index contributed by atoms with van der Waals surface area (Å²) < 4.78 is 0. The molecule has 1 spiro atoms. The van der Waals surface area contributed by atoms with Crippen LogP contribution in [0.1, 0.15) is 48.0 Å². The van der Waals surface area contributed by atoms with E-state index in [9.17, 15) is 4.79 Å². The summed E-state index contributed by atoms with van der Waals surface area (Å²) >= 11 is 0. The molecule has 3 aromatic heterocycles. The molecule has 0 unspecified atom stereocenters. The number of fused-ring (bicyclic) bond motifs is 3. The van der Waals surface area contributed by atoms with E-state index in [-0.39, 0.29) is 11.4 Å². The van der Waals surface area contributed by atoms with Gasteiger partial charge in [0.1, 0.15) is 11.5 Å². The fourth-order valence-electron chi connectivity index (χ4n) is 6.39. The molecular formula is C30H33N7O. The van der Waals surface area contributed by atoms with Crippen LogP contribution in [0.2, 0.25) is 0 Å². The summed E-state index contributed by atoms with van der Waals surface area (Å²) in [4.78, 5) is 30.1. The number of piperazine rings is 1. The number of aromatic nitrogens is 3. The Balaban J connectivity index is 1.19. The van der Waals surface area contributed by atoms with Crippen molar-refractivity contribution in [2.75, 3.05) is 43.4 Å². The first kappa shape index (κ1) is 23.2. The van der Waals surface area contributed by atoms with Gasteiger partial charge in [0.25, 0.3) is 5.91 Å². The van der Waals surface area contributed by atoms with E-state index >= 15 is 0 Å². The number of likely N-dealkylation sites (N-methyl/N-ethyl adjacent to an activating group) is 1. The lowest BCUT2D eigenvalue weighted by atomic mass is 9.77. The first-order chi connectivity index (χ1) is 18.6. The Morgan fingerprint density at radius 1 is 0.921 bits per heavy atom. The summed E-state index contributed by atoms with van der Waals surface area (Å²) in [6.07, 6.45) is 11.3. The van der Waals surface area contributed by atoms with Crippen LogP contribution in [0.5, 0.6) is 0 Å².